The molecular weight excluding hydrogens is 208 g/mol. The topological polar surface area (TPSA) is 29.3 Å². The molecule has 0 aliphatic carbocycles. The lowest BCUT2D eigenvalue weighted by molar-refractivity contribution is 0.202. The molecule has 2 rings (SSSR count). The molecule has 0 aromatic heterocycles. The Morgan fingerprint density at radius 3 is 2.71 bits per heavy atom. The van der Waals surface area contributed by atoms with E-state index >= 15 is 0 Å². The van der Waals surface area contributed by atoms with Crippen LogP contribution in [0.25, 0.3) is 0 Å². The number of hydrogen-bond donors (Lipinski definition) is 1. The van der Waals surface area contributed by atoms with Crippen LogP contribution in [0, 0.1) is 5.92 Å². The molecule has 0 bridgehead atoms. The molecule has 1 aromatic carbocycles. The Labute approximate surface area is 105 Å². The molecule has 1 unspecified atom stereocenters. The van der Waals surface area contributed by atoms with Gasteiger partial charge in [-0.2, -0.15) is 0 Å². The smallest absolute Gasteiger partial charge is 0.0178 e. The predicted molar refractivity (Wildman–Crippen MR) is 73.0 cm³/mol. The van der Waals surface area contributed by atoms with Crippen molar-refractivity contribution in [3.63, 3.8) is 0 Å². The monoisotopic (exact) mass is 232 g/mol. The van der Waals surface area contributed by atoms with Gasteiger partial charge in [-0.1, -0.05) is 31.2 Å². The van der Waals surface area contributed by atoms with Gasteiger partial charge >= 0.3 is 0 Å². The van der Waals surface area contributed by atoms with E-state index in [1.165, 1.54) is 37.1 Å². The number of nitrogens with zero attached hydrogens (tertiary/aromatic N) is 1. The lowest BCUT2D eigenvalue weighted by Crippen LogP contribution is -2.32. The first kappa shape index (κ1) is 12.6. The number of rotatable bonds is 3. The van der Waals surface area contributed by atoms with Gasteiger partial charge in [-0.15, -0.1) is 0 Å². The first-order chi connectivity index (χ1) is 8.20. The molecule has 0 amide bonds. The van der Waals surface area contributed by atoms with Crippen molar-refractivity contribution in [3.8, 4) is 0 Å². The second-order valence-electron chi connectivity index (χ2n) is 5.38. The number of nitrogens with two attached hydrogens (primary N) is 1. The molecule has 2 N–H and O–H groups in total. The van der Waals surface area contributed by atoms with Gasteiger partial charge in [0.2, 0.25) is 0 Å². The van der Waals surface area contributed by atoms with E-state index < -0.39 is 0 Å². The van der Waals surface area contributed by atoms with Gasteiger partial charge < -0.3 is 10.6 Å². The van der Waals surface area contributed by atoms with Gasteiger partial charge in [0, 0.05) is 6.54 Å². The highest BCUT2D eigenvalue weighted by molar-refractivity contribution is 5.26. The van der Waals surface area contributed by atoms with Crippen molar-refractivity contribution in [1.82, 2.24) is 4.90 Å². The lowest BCUT2D eigenvalue weighted by atomic mass is 9.81. The molecule has 1 saturated heterocycles. The summed E-state index contributed by atoms with van der Waals surface area (Å²) in [5.74, 6) is 1.49. The summed E-state index contributed by atoms with van der Waals surface area (Å²) in [7, 11) is 2.22. The molecule has 1 aliphatic heterocycles. The van der Waals surface area contributed by atoms with E-state index in [-0.39, 0.29) is 0 Å². The molecule has 2 nitrogen and oxygen atoms in total. The van der Waals surface area contributed by atoms with Crippen molar-refractivity contribution >= 4 is 0 Å². The number of benzene rings is 1. The van der Waals surface area contributed by atoms with E-state index in [2.05, 4.69) is 43.1 Å². The van der Waals surface area contributed by atoms with Crippen LogP contribution in [0.5, 0.6) is 0 Å². The average molecular weight is 232 g/mol. The van der Waals surface area contributed by atoms with E-state index in [0.717, 1.165) is 5.92 Å². The highest BCUT2D eigenvalue weighted by Gasteiger charge is 2.23. The van der Waals surface area contributed by atoms with Crippen LogP contribution in [0.4, 0.5) is 0 Å². The summed E-state index contributed by atoms with van der Waals surface area (Å²) in [4.78, 5) is 2.43. The minimum atomic E-state index is 0.647. The van der Waals surface area contributed by atoms with Crippen molar-refractivity contribution in [3.05, 3.63) is 35.4 Å². The Bertz CT molecular complexity index is 354. The Hall–Kier alpha value is -0.860. The normalized spacial score (nSPS) is 20.4. The summed E-state index contributed by atoms with van der Waals surface area (Å²) in [6.07, 6.45) is 2.65. The molecule has 1 atom stereocenters. The third-order valence-electron chi connectivity index (χ3n) is 4.18. The largest absolute Gasteiger partial charge is 0.326 e. The summed E-state index contributed by atoms with van der Waals surface area (Å²) < 4.78 is 0. The van der Waals surface area contributed by atoms with Crippen molar-refractivity contribution in [2.45, 2.75) is 32.2 Å². The maximum atomic E-state index is 5.71. The van der Waals surface area contributed by atoms with Crippen LogP contribution in [-0.4, -0.2) is 25.0 Å². The highest BCUT2D eigenvalue weighted by atomic mass is 15.1. The van der Waals surface area contributed by atoms with E-state index in [1.54, 1.807) is 0 Å². The van der Waals surface area contributed by atoms with Crippen LogP contribution in [-0.2, 0) is 6.54 Å². The highest BCUT2D eigenvalue weighted by Crippen LogP contribution is 2.32. The van der Waals surface area contributed by atoms with Crippen molar-refractivity contribution in [1.29, 1.82) is 0 Å². The molecular formula is C15H24N2. The predicted octanol–water partition coefficient (Wildman–Crippen LogP) is 2.59. The minimum Gasteiger partial charge on any atom is -0.326 e. The third kappa shape index (κ3) is 3.08. The Morgan fingerprint density at radius 1 is 1.35 bits per heavy atom. The van der Waals surface area contributed by atoms with Gasteiger partial charge in [-0.05, 0) is 55.9 Å². The SMILES string of the molecule is CC(c1cccc(CN)c1)C1CCN(C)CC1. The van der Waals surface area contributed by atoms with Gasteiger partial charge in [0.25, 0.3) is 0 Å². The van der Waals surface area contributed by atoms with Crippen LogP contribution in [0.15, 0.2) is 24.3 Å². The Balaban J connectivity index is 2.05. The molecule has 0 spiro atoms. The fourth-order valence-electron chi connectivity index (χ4n) is 2.80. The third-order valence-corrected chi connectivity index (χ3v) is 4.18. The molecule has 2 heteroatoms. The van der Waals surface area contributed by atoms with Gasteiger partial charge in [0.15, 0.2) is 0 Å². The van der Waals surface area contributed by atoms with Crippen molar-refractivity contribution in [2.75, 3.05) is 20.1 Å². The molecule has 0 saturated carbocycles. The van der Waals surface area contributed by atoms with Crippen molar-refractivity contribution in [2.24, 2.45) is 11.7 Å². The van der Waals surface area contributed by atoms with Crippen LogP contribution >= 0.6 is 0 Å². The average Bonchev–Trinajstić information content (AvgIpc) is 2.39. The summed E-state index contributed by atoms with van der Waals surface area (Å²) in [5.41, 5.74) is 8.42. The fraction of sp³-hybridized carbons (Fsp3) is 0.600. The van der Waals surface area contributed by atoms with Crippen LogP contribution < -0.4 is 5.73 Å². The second-order valence-corrected chi connectivity index (χ2v) is 5.38. The number of piperidine rings is 1. The van der Waals surface area contributed by atoms with E-state index in [0.29, 0.717) is 12.5 Å². The fourth-order valence-corrected chi connectivity index (χ4v) is 2.80. The molecule has 1 heterocycles. The van der Waals surface area contributed by atoms with Gasteiger partial charge in [0.1, 0.15) is 0 Å². The van der Waals surface area contributed by atoms with E-state index in [9.17, 15) is 0 Å². The molecule has 0 radical (unpaired) electrons. The lowest BCUT2D eigenvalue weighted by Gasteiger charge is -2.33. The summed E-state index contributed by atoms with van der Waals surface area (Å²) >= 11 is 0. The quantitative estimate of drug-likeness (QED) is 0.868. The summed E-state index contributed by atoms with van der Waals surface area (Å²) in [6.45, 7) is 5.50. The van der Waals surface area contributed by atoms with Crippen LogP contribution in [0.2, 0.25) is 0 Å². The molecule has 1 fully saturated rings. The maximum absolute atomic E-state index is 5.71. The standard InChI is InChI=1S/C15H24N2/c1-12(14-6-8-17(2)9-7-14)15-5-3-4-13(10-15)11-16/h3-5,10,12,14H,6-9,11,16H2,1-2H3. The number of likely N-dealkylation sites (tertiary alicyclic amines) is 1. The van der Waals surface area contributed by atoms with E-state index in [4.69, 9.17) is 5.73 Å². The summed E-state index contributed by atoms with van der Waals surface area (Å²) in [5, 5.41) is 0. The molecule has 1 aliphatic rings. The first-order valence-electron chi connectivity index (χ1n) is 6.68. The zero-order valence-corrected chi connectivity index (χ0v) is 11.0. The zero-order chi connectivity index (χ0) is 12.3. The van der Waals surface area contributed by atoms with Crippen LogP contribution in [0.3, 0.4) is 0 Å². The van der Waals surface area contributed by atoms with Gasteiger partial charge in [-0.25, -0.2) is 0 Å². The molecule has 94 valence electrons. The van der Waals surface area contributed by atoms with Crippen LogP contribution in [0.1, 0.15) is 36.8 Å². The Morgan fingerprint density at radius 2 is 2.06 bits per heavy atom. The first-order valence-corrected chi connectivity index (χ1v) is 6.68. The number of hydrogen-bond acceptors (Lipinski definition) is 2. The van der Waals surface area contributed by atoms with Crippen molar-refractivity contribution < 1.29 is 0 Å². The van der Waals surface area contributed by atoms with E-state index in [1.807, 2.05) is 0 Å². The maximum Gasteiger partial charge on any atom is 0.0178 e. The zero-order valence-electron chi connectivity index (χ0n) is 11.0. The molecule has 17 heavy (non-hydrogen) atoms. The second kappa shape index (κ2) is 5.65. The minimum absolute atomic E-state index is 0.647. The van der Waals surface area contributed by atoms with Gasteiger partial charge in [0.05, 0.1) is 0 Å². The summed E-state index contributed by atoms with van der Waals surface area (Å²) in [6, 6.07) is 8.79. The Kier molecular flexibility index (Phi) is 4.19. The van der Waals surface area contributed by atoms with Gasteiger partial charge in [-0.3, -0.25) is 0 Å². The molecule has 1 aromatic rings.